The summed E-state index contributed by atoms with van der Waals surface area (Å²) < 4.78 is 12.0. The maximum atomic E-state index is 13.2. The van der Waals surface area contributed by atoms with Crippen molar-refractivity contribution in [2.45, 2.75) is 64.3 Å². The van der Waals surface area contributed by atoms with Crippen molar-refractivity contribution in [3.05, 3.63) is 118 Å². The van der Waals surface area contributed by atoms with Crippen molar-refractivity contribution in [3.8, 4) is 22.6 Å². The Labute approximate surface area is 286 Å². The van der Waals surface area contributed by atoms with Crippen LogP contribution in [0.3, 0.4) is 0 Å². The molecular weight excluding hydrogens is 630 g/mol. The van der Waals surface area contributed by atoms with E-state index in [2.05, 4.69) is 5.32 Å². The Bertz CT molecular complexity index is 1660. The van der Waals surface area contributed by atoms with Crippen molar-refractivity contribution in [1.82, 2.24) is 5.32 Å². The third kappa shape index (κ3) is 11.8. The number of halogens is 1. The molecule has 252 valence electrons. The smallest absolute Gasteiger partial charge is 0.303 e. The van der Waals surface area contributed by atoms with Crippen LogP contribution >= 0.6 is 11.6 Å². The number of benzene rings is 4. The molecule has 4 aromatic carbocycles. The number of hydrogen-bond acceptors (Lipinski definition) is 5. The van der Waals surface area contributed by atoms with Gasteiger partial charge in [0.15, 0.2) is 0 Å². The number of aryl methyl sites for hydroxylation is 1. The first-order valence-electron chi connectivity index (χ1n) is 16.3. The number of unbranched alkanes of at least 4 members (excludes halogenated alkanes) is 3. The number of hydrogen-bond donors (Lipinski definition) is 3. The molecule has 0 radical (unpaired) electrons. The van der Waals surface area contributed by atoms with Crippen LogP contribution in [0.1, 0.15) is 72.0 Å². The molecule has 0 aliphatic carbocycles. The van der Waals surface area contributed by atoms with E-state index in [4.69, 9.17) is 26.2 Å². The monoisotopic (exact) mass is 671 g/mol. The summed E-state index contributed by atoms with van der Waals surface area (Å²) in [5.41, 5.74) is 5.05. The van der Waals surface area contributed by atoms with E-state index in [9.17, 15) is 19.5 Å². The highest BCUT2D eigenvalue weighted by Gasteiger charge is 2.14. The minimum Gasteiger partial charge on any atom is -0.494 e. The Morgan fingerprint density at radius 1 is 0.688 bits per heavy atom. The van der Waals surface area contributed by atoms with Crippen molar-refractivity contribution in [2.24, 2.45) is 0 Å². The molecule has 0 saturated heterocycles. The first-order chi connectivity index (χ1) is 23.3. The summed E-state index contributed by atoms with van der Waals surface area (Å²) in [7, 11) is 0. The van der Waals surface area contributed by atoms with Crippen LogP contribution < -0.4 is 14.8 Å². The molecule has 0 aromatic heterocycles. The van der Waals surface area contributed by atoms with Crippen molar-refractivity contribution >= 4 is 29.4 Å². The molecule has 4 rings (SSSR count). The normalized spacial score (nSPS) is 10.8. The fourth-order valence-electron chi connectivity index (χ4n) is 5.41. The van der Waals surface area contributed by atoms with Gasteiger partial charge in [-0.2, -0.15) is 0 Å². The minimum atomic E-state index is -0.876. The average molecular weight is 672 g/mol. The SMILES string of the molecule is O=C(O)CCCOc1cccc(CCCCCCOc2cc(C(=O)NCc3ccccc3)cc(-c3ccccc3Cl)c2)c1CCC(=O)O. The van der Waals surface area contributed by atoms with Crippen LogP contribution in [0.4, 0.5) is 0 Å². The topological polar surface area (TPSA) is 122 Å². The van der Waals surface area contributed by atoms with Crippen LogP contribution in [0.25, 0.3) is 11.1 Å². The summed E-state index contributed by atoms with van der Waals surface area (Å²) in [6, 6.07) is 28.5. The van der Waals surface area contributed by atoms with Gasteiger partial charge in [0, 0.05) is 35.5 Å². The number of ether oxygens (including phenoxy) is 2. The van der Waals surface area contributed by atoms with Crippen molar-refractivity contribution in [1.29, 1.82) is 0 Å². The molecule has 0 unspecified atom stereocenters. The third-order valence-electron chi connectivity index (χ3n) is 7.87. The van der Waals surface area contributed by atoms with Gasteiger partial charge in [0.25, 0.3) is 5.91 Å². The fourth-order valence-corrected chi connectivity index (χ4v) is 5.65. The number of carboxylic acid groups (broad SMARTS) is 2. The van der Waals surface area contributed by atoms with E-state index < -0.39 is 11.9 Å². The van der Waals surface area contributed by atoms with Crippen LogP contribution in [0.5, 0.6) is 11.5 Å². The van der Waals surface area contributed by atoms with Crippen LogP contribution in [0.15, 0.2) is 91.0 Å². The highest BCUT2D eigenvalue weighted by molar-refractivity contribution is 6.33. The summed E-state index contributed by atoms with van der Waals surface area (Å²) in [4.78, 5) is 35.3. The van der Waals surface area contributed by atoms with Gasteiger partial charge >= 0.3 is 11.9 Å². The lowest BCUT2D eigenvalue weighted by Crippen LogP contribution is -2.22. The molecule has 0 heterocycles. The summed E-state index contributed by atoms with van der Waals surface area (Å²) in [5, 5.41) is 21.7. The number of aliphatic carboxylic acids is 2. The van der Waals surface area contributed by atoms with E-state index in [0.29, 0.717) is 48.1 Å². The fraction of sp³-hybridized carbons (Fsp3) is 0.308. The van der Waals surface area contributed by atoms with Gasteiger partial charge in [0.2, 0.25) is 0 Å². The van der Waals surface area contributed by atoms with E-state index >= 15 is 0 Å². The van der Waals surface area contributed by atoms with Gasteiger partial charge in [-0.1, -0.05) is 85.1 Å². The number of carbonyl (C=O) groups excluding carboxylic acids is 1. The van der Waals surface area contributed by atoms with E-state index in [-0.39, 0.29) is 25.4 Å². The second-order valence-electron chi connectivity index (χ2n) is 11.5. The zero-order valence-electron chi connectivity index (χ0n) is 27.0. The summed E-state index contributed by atoms with van der Waals surface area (Å²) in [5.74, 6) is -0.727. The molecule has 0 atom stereocenters. The first kappa shape index (κ1) is 36.0. The highest BCUT2D eigenvalue weighted by Crippen LogP contribution is 2.32. The number of carbonyl (C=O) groups is 3. The van der Waals surface area contributed by atoms with Crippen molar-refractivity contribution in [3.63, 3.8) is 0 Å². The van der Waals surface area contributed by atoms with Crippen molar-refractivity contribution < 1.29 is 34.1 Å². The molecule has 4 aromatic rings. The van der Waals surface area contributed by atoms with Gasteiger partial charge in [-0.3, -0.25) is 14.4 Å². The maximum Gasteiger partial charge on any atom is 0.303 e. The van der Waals surface area contributed by atoms with Gasteiger partial charge in [-0.25, -0.2) is 0 Å². The second-order valence-corrected chi connectivity index (χ2v) is 11.9. The summed E-state index contributed by atoms with van der Waals surface area (Å²) in [6.07, 6.45) is 5.16. The van der Waals surface area contributed by atoms with Gasteiger partial charge < -0.3 is 25.0 Å². The minimum absolute atomic E-state index is 0.00604. The quantitative estimate of drug-likeness (QED) is 0.0807. The van der Waals surface area contributed by atoms with Crippen molar-refractivity contribution in [2.75, 3.05) is 13.2 Å². The van der Waals surface area contributed by atoms with Gasteiger partial charge in [-0.05, 0) is 84.7 Å². The van der Waals surface area contributed by atoms with E-state index in [1.807, 2.05) is 84.9 Å². The molecule has 3 N–H and O–H groups in total. The molecule has 9 heteroatoms. The average Bonchev–Trinajstić information content (AvgIpc) is 3.08. The predicted octanol–water partition coefficient (Wildman–Crippen LogP) is 8.38. The van der Waals surface area contributed by atoms with Crippen LogP contribution in [0, 0.1) is 0 Å². The Balaban J connectivity index is 1.32. The number of rotatable bonds is 20. The number of nitrogens with one attached hydrogen (secondary N) is 1. The lowest BCUT2D eigenvalue weighted by Gasteiger charge is -2.15. The van der Waals surface area contributed by atoms with Gasteiger partial charge in [0.1, 0.15) is 11.5 Å². The molecule has 0 aliphatic rings. The van der Waals surface area contributed by atoms with Gasteiger partial charge in [0.05, 0.1) is 13.2 Å². The zero-order chi connectivity index (χ0) is 34.1. The van der Waals surface area contributed by atoms with E-state index in [1.54, 1.807) is 6.07 Å². The Morgan fingerprint density at radius 2 is 1.42 bits per heavy atom. The predicted molar refractivity (Wildman–Crippen MR) is 187 cm³/mol. The maximum absolute atomic E-state index is 13.2. The molecule has 0 saturated carbocycles. The Hall–Kier alpha value is -4.82. The molecule has 0 spiro atoms. The highest BCUT2D eigenvalue weighted by atomic mass is 35.5. The Morgan fingerprint density at radius 3 is 2.19 bits per heavy atom. The molecule has 8 nitrogen and oxygen atoms in total. The molecule has 0 aliphatic heterocycles. The largest absolute Gasteiger partial charge is 0.494 e. The lowest BCUT2D eigenvalue weighted by molar-refractivity contribution is -0.138. The van der Waals surface area contributed by atoms with E-state index in [0.717, 1.165) is 59.9 Å². The first-order valence-corrected chi connectivity index (χ1v) is 16.7. The standard InChI is InChI=1S/C39H42ClNO7/c40-35-17-8-7-16-33(35)30-24-31(39(46)41-27-28-12-4-3-5-13-28)26-32(25-30)47-22-9-2-1-6-14-29-15-10-18-36(34(29)20-21-38(44)45)48-23-11-19-37(42)43/h3-5,7-8,10,12-13,15-18,24-26H,1-2,6,9,11,14,19-23,27H2,(H,41,46)(H,42,43)(H,44,45). The van der Waals surface area contributed by atoms with Gasteiger partial charge in [-0.15, -0.1) is 0 Å². The zero-order valence-corrected chi connectivity index (χ0v) is 27.7. The van der Waals surface area contributed by atoms with Crippen LogP contribution in [-0.2, 0) is 29.0 Å². The molecular formula is C39H42ClNO7. The molecule has 0 fully saturated rings. The summed E-state index contributed by atoms with van der Waals surface area (Å²) >= 11 is 6.50. The van der Waals surface area contributed by atoms with E-state index in [1.165, 1.54) is 0 Å². The Kier molecular flexibility index (Phi) is 14.3. The molecule has 1 amide bonds. The second kappa shape index (κ2) is 19.1. The molecule has 48 heavy (non-hydrogen) atoms. The third-order valence-corrected chi connectivity index (χ3v) is 8.20. The molecule has 0 bridgehead atoms. The van der Waals surface area contributed by atoms with Crippen LogP contribution in [0.2, 0.25) is 5.02 Å². The van der Waals surface area contributed by atoms with Crippen LogP contribution in [-0.4, -0.2) is 41.3 Å². The number of amides is 1. The lowest BCUT2D eigenvalue weighted by atomic mass is 9.97. The summed E-state index contributed by atoms with van der Waals surface area (Å²) in [6.45, 7) is 1.16. The number of carboxylic acids is 2.